The van der Waals surface area contributed by atoms with Crippen LogP contribution in [0.2, 0.25) is 0 Å². The van der Waals surface area contributed by atoms with Gasteiger partial charge in [0.25, 0.3) is 0 Å². The SMILES string of the molecule is CCCOc1c(CNn2c(C)n[nH]c2=S)cc(Br)cc1OC. The lowest BCUT2D eigenvalue weighted by Crippen LogP contribution is -2.17. The van der Waals surface area contributed by atoms with Crippen molar-refractivity contribution in [2.75, 3.05) is 19.1 Å². The Labute approximate surface area is 142 Å². The van der Waals surface area contributed by atoms with Gasteiger partial charge < -0.3 is 14.9 Å². The predicted octanol–water partition coefficient (Wildman–Crippen LogP) is 3.55. The minimum atomic E-state index is 0.524. The molecule has 2 aromatic rings. The quantitative estimate of drug-likeness (QED) is 0.712. The molecule has 1 aromatic heterocycles. The maximum absolute atomic E-state index is 5.85. The molecule has 1 aromatic carbocycles. The van der Waals surface area contributed by atoms with Crippen molar-refractivity contribution in [3.05, 3.63) is 32.8 Å². The Bertz CT molecular complexity index is 699. The van der Waals surface area contributed by atoms with Crippen molar-refractivity contribution in [1.29, 1.82) is 0 Å². The fourth-order valence-corrected chi connectivity index (χ4v) is 2.73. The molecule has 2 rings (SSSR count). The van der Waals surface area contributed by atoms with E-state index >= 15 is 0 Å². The van der Waals surface area contributed by atoms with Gasteiger partial charge in [-0.25, -0.2) is 4.68 Å². The molecule has 2 N–H and O–H groups in total. The molecule has 0 amide bonds. The van der Waals surface area contributed by atoms with E-state index in [1.165, 1.54) is 0 Å². The standard InChI is InChI=1S/C14H19BrN4O2S/c1-4-5-21-13-10(6-11(15)7-12(13)20-3)8-16-19-9(2)17-18-14(19)22/h6-7,16H,4-5,8H2,1-3H3,(H,18,22). The Morgan fingerprint density at radius 2 is 2.23 bits per heavy atom. The number of nitrogens with one attached hydrogen (secondary N) is 2. The summed E-state index contributed by atoms with van der Waals surface area (Å²) in [6, 6.07) is 3.89. The van der Waals surface area contributed by atoms with Crippen LogP contribution in [0.25, 0.3) is 0 Å². The van der Waals surface area contributed by atoms with Crippen LogP contribution in [0, 0.1) is 11.7 Å². The Hall–Kier alpha value is -1.54. The summed E-state index contributed by atoms with van der Waals surface area (Å²) in [6.45, 7) is 5.10. The minimum absolute atomic E-state index is 0.524. The van der Waals surface area contributed by atoms with E-state index in [1.54, 1.807) is 11.8 Å². The van der Waals surface area contributed by atoms with Crippen molar-refractivity contribution < 1.29 is 9.47 Å². The number of benzene rings is 1. The third-order valence-electron chi connectivity index (χ3n) is 3.03. The van der Waals surface area contributed by atoms with Crippen molar-refractivity contribution in [2.45, 2.75) is 26.8 Å². The zero-order chi connectivity index (χ0) is 16.1. The number of ether oxygens (including phenoxy) is 2. The van der Waals surface area contributed by atoms with E-state index in [9.17, 15) is 0 Å². The van der Waals surface area contributed by atoms with Crippen LogP contribution in [-0.4, -0.2) is 28.6 Å². The third kappa shape index (κ3) is 3.80. The van der Waals surface area contributed by atoms with E-state index in [1.807, 2.05) is 19.1 Å². The Balaban J connectivity index is 2.28. The molecular weight excluding hydrogens is 368 g/mol. The number of methoxy groups -OCH3 is 1. The second kappa shape index (κ2) is 7.64. The summed E-state index contributed by atoms with van der Waals surface area (Å²) in [5.41, 5.74) is 4.21. The largest absolute Gasteiger partial charge is 0.493 e. The number of hydrogen-bond acceptors (Lipinski definition) is 5. The fraction of sp³-hybridized carbons (Fsp3) is 0.429. The van der Waals surface area contributed by atoms with Gasteiger partial charge in [-0.2, -0.15) is 5.10 Å². The summed E-state index contributed by atoms with van der Waals surface area (Å²) >= 11 is 8.68. The van der Waals surface area contributed by atoms with Crippen LogP contribution in [0.3, 0.4) is 0 Å². The Morgan fingerprint density at radius 1 is 1.45 bits per heavy atom. The lowest BCUT2D eigenvalue weighted by molar-refractivity contribution is 0.291. The summed E-state index contributed by atoms with van der Waals surface area (Å²) < 4.78 is 14.4. The van der Waals surface area contributed by atoms with Gasteiger partial charge >= 0.3 is 0 Å². The van der Waals surface area contributed by atoms with E-state index < -0.39 is 0 Å². The number of nitrogens with zero attached hydrogens (tertiary/aromatic N) is 2. The highest BCUT2D eigenvalue weighted by molar-refractivity contribution is 9.10. The van der Waals surface area contributed by atoms with Gasteiger partial charge in [-0.1, -0.05) is 22.9 Å². The highest BCUT2D eigenvalue weighted by atomic mass is 79.9. The van der Waals surface area contributed by atoms with Gasteiger partial charge in [-0.05, 0) is 37.7 Å². The molecule has 0 aliphatic rings. The van der Waals surface area contributed by atoms with Crippen LogP contribution in [-0.2, 0) is 6.54 Å². The third-order valence-corrected chi connectivity index (χ3v) is 3.77. The monoisotopic (exact) mass is 386 g/mol. The Kier molecular flexibility index (Phi) is 5.84. The predicted molar refractivity (Wildman–Crippen MR) is 91.7 cm³/mol. The van der Waals surface area contributed by atoms with Crippen LogP contribution in [0.15, 0.2) is 16.6 Å². The molecule has 0 saturated heterocycles. The first-order valence-electron chi connectivity index (χ1n) is 6.94. The number of hydrogen-bond donors (Lipinski definition) is 2. The zero-order valence-electron chi connectivity index (χ0n) is 12.8. The van der Waals surface area contributed by atoms with E-state index in [4.69, 9.17) is 21.7 Å². The molecular formula is C14H19BrN4O2S. The van der Waals surface area contributed by atoms with Gasteiger partial charge in [0.15, 0.2) is 11.5 Å². The molecule has 0 saturated carbocycles. The molecule has 8 heteroatoms. The molecule has 0 atom stereocenters. The molecule has 0 aliphatic heterocycles. The summed E-state index contributed by atoms with van der Waals surface area (Å²) in [6.07, 6.45) is 0.929. The molecule has 0 aliphatic carbocycles. The average Bonchev–Trinajstić information content (AvgIpc) is 2.82. The molecule has 120 valence electrons. The average molecular weight is 387 g/mol. The smallest absolute Gasteiger partial charge is 0.214 e. The Morgan fingerprint density at radius 3 is 2.82 bits per heavy atom. The van der Waals surface area contributed by atoms with Crippen molar-refractivity contribution >= 4 is 28.1 Å². The second-order valence-electron chi connectivity index (χ2n) is 4.69. The summed E-state index contributed by atoms with van der Waals surface area (Å²) in [5, 5.41) is 6.81. The molecule has 22 heavy (non-hydrogen) atoms. The summed E-state index contributed by atoms with van der Waals surface area (Å²) in [7, 11) is 1.63. The number of aromatic amines is 1. The van der Waals surface area contributed by atoms with E-state index in [0.717, 1.165) is 28.0 Å². The first kappa shape index (κ1) is 16.8. The number of halogens is 1. The number of H-pyrrole nitrogens is 1. The first-order valence-corrected chi connectivity index (χ1v) is 8.14. The highest BCUT2D eigenvalue weighted by Gasteiger charge is 2.13. The van der Waals surface area contributed by atoms with Crippen LogP contribution in [0.1, 0.15) is 24.7 Å². The van der Waals surface area contributed by atoms with Gasteiger partial charge in [0.2, 0.25) is 4.77 Å². The zero-order valence-corrected chi connectivity index (χ0v) is 15.2. The number of rotatable bonds is 7. The maximum atomic E-state index is 5.85. The van der Waals surface area contributed by atoms with Crippen molar-refractivity contribution in [3.8, 4) is 11.5 Å². The van der Waals surface area contributed by atoms with Crippen LogP contribution >= 0.6 is 28.1 Å². The van der Waals surface area contributed by atoms with Gasteiger partial charge in [-0.3, -0.25) is 5.10 Å². The number of aryl methyl sites for hydroxylation is 1. The molecule has 1 heterocycles. The topological polar surface area (TPSA) is 64.1 Å². The van der Waals surface area contributed by atoms with Gasteiger partial charge in [0.05, 0.1) is 20.3 Å². The summed E-state index contributed by atoms with van der Waals surface area (Å²) in [4.78, 5) is 0. The lowest BCUT2D eigenvalue weighted by atomic mass is 10.2. The minimum Gasteiger partial charge on any atom is -0.493 e. The molecule has 0 spiro atoms. The molecule has 0 bridgehead atoms. The molecule has 0 radical (unpaired) electrons. The van der Waals surface area contributed by atoms with Crippen LogP contribution < -0.4 is 14.9 Å². The normalized spacial score (nSPS) is 10.5. The molecule has 6 nitrogen and oxygen atoms in total. The van der Waals surface area contributed by atoms with Crippen molar-refractivity contribution in [3.63, 3.8) is 0 Å². The highest BCUT2D eigenvalue weighted by Crippen LogP contribution is 2.35. The molecule has 0 unspecified atom stereocenters. The van der Waals surface area contributed by atoms with Gasteiger partial charge in [0.1, 0.15) is 5.82 Å². The number of aromatic nitrogens is 3. The van der Waals surface area contributed by atoms with Crippen molar-refractivity contribution in [1.82, 2.24) is 14.9 Å². The van der Waals surface area contributed by atoms with Crippen molar-refractivity contribution in [2.24, 2.45) is 0 Å². The first-order chi connectivity index (χ1) is 10.6. The van der Waals surface area contributed by atoms with Gasteiger partial charge in [0, 0.05) is 10.0 Å². The van der Waals surface area contributed by atoms with E-state index in [0.29, 0.717) is 23.7 Å². The van der Waals surface area contributed by atoms with E-state index in [2.05, 4.69) is 38.5 Å². The second-order valence-corrected chi connectivity index (χ2v) is 5.99. The van der Waals surface area contributed by atoms with Crippen LogP contribution in [0.4, 0.5) is 0 Å². The van der Waals surface area contributed by atoms with Gasteiger partial charge in [-0.15, -0.1) is 0 Å². The van der Waals surface area contributed by atoms with Crippen LogP contribution in [0.5, 0.6) is 11.5 Å². The maximum Gasteiger partial charge on any atom is 0.214 e. The fourth-order valence-electron chi connectivity index (χ4n) is 2.00. The van der Waals surface area contributed by atoms with E-state index in [-0.39, 0.29) is 0 Å². The summed E-state index contributed by atoms with van der Waals surface area (Å²) in [5.74, 6) is 2.21. The molecule has 0 fully saturated rings. The lowest BCUT2D eigenvalue weighted by Gasteiger charge is -2.17.